The molecule has 0 aliphatic carbocycles. The Morgan fingerprint density at radius 3 is 1.52 bits per heavy atom. The normalized spacial score (nSPS) is 20.9. The standard InChI is InChI=1S/C23H47NO/c1-3-4-5-6-7-8-9-10-11-12-13-14-15-16-17-18-19-23(2)22-24-20-21-25-23/h24H,3-22H2,1-2H3. The molecule has 1 aliphatic heterocycles. The van der Waals surface area contributed by atoms with Gasteiger partial charge in [0.2, 0.25) is 0 Å². The zero-order valence-corrected chi connectivity index (χ0v) is 17.6. The Morgan fingerprint density at radius 1 is 0.680 bits per heavy atom. The predicted octanol–water partition coefficient (Wildman–Crippen LogP) is 7.02. The molecule has 1 N–H and O–H groups in total. The van der Waals surface area contributed by atoms with Gasteiger partial charge in [-0.3, -0.25) is 0 Å². The van der Waals surface area contributed by atoms with Crippen molar-refractivity contribution in [3.63, 3.8) is 0 Å². The molecule has 0 aromatic heterocycles. The van der Waals surface area contributed by atoms with Crippen molar-refractivity contribution in [2.75, 3.05) is 19.7 Å². The van der Waals surface area contributed by atoms with Gasteiger partial charge in [-0.2, -0.15) is 0 Å². The molecule has 1 aliphatic rings. The summed E-state index contributed by atoms with van der Waals surface area (Å²) in [6.45, 7) is 7.50. The van der Waals surface area contributed by atoms with E-state index in [4.69, 9.17) is 4.74 Å². The number of morpholine rings is 1. The summed E-state index contributed by atoms with van der Waals surface area (Å²) in [5.41, 5.74) is 0.105. The van der Waals surface area contributed by atoms with Crippen molar-refractivity contribution in [3.05, 3.63) is 0 Å². The Bertz CT molecular complexity index is 273. The fraction of sp³-hybridized carbons (Fsp3) is 1.00. The van der Waals surface area contributed by atoms with Crippen LogP contribution < -0.4 is 5.32 Å². The van der Waals surface area contributed by atoms with Crippen LogP contribution in [-0.4, -0.2) is 25.3 Å². The molecular formula is C23H47NO. The third-order valence-electron chi connectivity index (χ3n) is 5.79. The van der Waals surface area contributed by atoms with Crippen LogP contribution in [0.3, 0.4) is 0 Å². The highest BCUT2D eigenvalue weighted by molar-refractivity contribution is 4.81. The van der Waals surface area contributed by atoms with Crippen LogP contribution in [0.1, 0.15) is 123 Å². The lowest BCUT2D eigenvalue weighted by molar-refractivity contribution is -0.0589. The van der Waals surface area contributed by atoms with Crippen molar-refractivity contribution in [2.24, 2.45) is 0 Å². The van der Waals surface area contributed by atoms with Gasteiger partial charge in [-0.15, -0.1) is 0 Å². The first-order valence-corrected chi connectivity index (χ1v) is 11.6. The van der Waals surface area contributed by atoms with Crippen molar-refractivity contribution in [3.8, 4) is 0 Å². The van der Waals surface area contributed by atoms with E-state index in [1.807, 2.05) is 0 Å². The molecule has 1 heterocycles. The molecule has 1 rings (SSSR count). The number of hydrogen-bond acceptors (Lipinski definition) is 2. The SMILES string of the molecule is CCCCCCCCCCCCCCCCCCC1(C)CNCCO1. The minimum atomic E-state index is 0.105. The van der Waals surface area contributed by atoms with Crippen LogP contribution in [0.2, 0.25) is 0 Å². The van der Waals surface area contributed by atoms with Gasteiger partial charge in [0.1, 0.15) is 0 Å². The smallest absolute Gasteiger partial charge is 0.0778 e. The van der Waals surface area contributed by atoms with Gasteiger partial charge >= 0.3 is 0 Å². The molecule has 25 heavy (non-hydrogen) atoms. The lowest BCUT2D eigenvalue weighted by Gasteiger charge is -2.34. The van der Waals surface area contributed by atoms with Gasteiger partial charge in [0.05, 0.1) is 12.2 Å². The van der Waals surface area contributed by atoms with Crippen LogP contribution in [0.4, 0.5) is 0 Å². The van der Waals surface area contributed by atoms with Crippen molar-refractivity contribution in [2.45, 2.75) is 129 Å². The highest BCUT2D eigenvalue weighted by Crippen LogP contribution is 2.21. The molecule has 0 aromatic rings. The zero-order chi connectivity index (χ0) is 18.1. The van der Waals surface area contributed by atoms with E-state index in [1.54, 1.807) is 0 Å². The van der Waals surface area contributed by atoms with E-state index in [-0.39, 0.29) is 5.60 Å². The molecule has 0 amide bonds. The Balaban J connectivity index is 1.72. The summed E-state index contributed by atoms with van der Waals surface area (Å²) in [6, 6.07) is 0. The van der Waals surface area contributed by atoms with E-state index >= 15 is 0 Å². The average molecular weight is 354 g/mol. The topological polar surface area (TPSA) is 21.3 Å². The van der Waals surface area contributed by atoms with Crippen molar-refractivity contribution in [1.29, 1.82) is 0 Å². The fourth-order valence-corrected chi connectivity index (χ4v) is 3.98. The van der Waals surface area contributed by atoms with Gasteiger partial charge in [-0.25, -0.2) is 0 Å². The summed E-state index contributed by atoms with van der Waals surface area (Å²) >= 11 is 0. The number of nitrogens with one attached hydrogen (secondary N) is 1. The maximum Gasteiger partial charge on any atom is 0.0778 e. The molecule has 0 saturated carbocycles. The van der Waals surface area contributed by atoms with Gasteiger partial charge in [0.25, 0.3) is 0 Å². The number of rotatable bonds is 17. The third-order valence-corrected chi connectivity index (χ3v) is 5.79. The summed E-state index contributed by atoms with van der Waals surface area (Å²) in [7, 11) is 0. The predicted molar refractivity (Wildman–Crippen MR) is 111 cm³/mol. The second-order valence-electron chi connectivity index (χ2n) is 8.53. The van der Waals surface area contributed by atoms with E-state index < -0.39 is 0 Å². The highest BCUT2D eigenvalue weighted by atomic mass is 16.5. The number of ether oxygens (including phenoxy) is 1. The lowest BCUT2D eigenvalue weighted by Crippen LogP contribution is -2.47. The van der Waals surface area contributed by atoms with Gasteiger partial charge < -0.3 is 10.1 Å². The van der Waals surface area contributed by atoms with E-state index in [2.05, 4.69) is 19.2 Å². The minimum absolute atomic E-state index is 0.105. The highest BCUT2D eigenvalue weighted by Gasteiger charge is 2.26. The van der Waals surface area contributed by atoms with Gasteiger partial charge in [0, 0.05) is 13.1 Å². The quantitative estimate of drug-likeness (QED) is 0.284. The Morgan fingerprint density at radius 2 is 1.12 bits per heavy atom. The van der Waals surface area contributed by atoms with Crippen LogP contribution in [0.25, 0.3) is 0 Å². The first kappa shape index (κ1) is 23.0. The van der Waals surface area contributed by atoms with E-state index in [1.165, 1.54) is 109 Å². The Labute approximate surface area is 158 Å². The van der Waals surface area contributed by atoms with Crippen molar-refractivity contribution in [1.82, 2.24) is 5.32 Å². The Kier molecular flexibility index (Phi) is 14.8. The lowest BCUT2D eigenvalue weighted by atomic mass is 9.96. The molecule has 0 radical (unpaired) electrons. The first-order chi connectivity index (χ1) is 12.3. The molecule has 1 atom stereocenters. The minimum Gasteiger partial charge on any atom is -0.373 e. The summed E-state index contributed by atoms with van der Waals surface area (Å²) in [6.07, 6.45) is 24.3. The molecule has 1 saturated heterocycles. The monoisotopic (exact) mass is 353 g/mol. The summed E-state index contributed by atoms with van der Waals surface area (Å²) < 4.78 is 5.93. The Hall–Kier alpha value is -0.0800. The largest absolute Gasteiger partial charge is 0.373 e. The average Bonchev–Trinajstić information content (AvgIpc) is 2.62. The molecule has 1 fully saturated rings. The fourth-order valence-electron chi connectivity index (χ4n) is 3.98. The van der Waals surface area contributed by atoms with Crippen LogP contribution in [0.5, 0.6) is 0 Å². The van der Waals surface area contributed by atoms with Crippen LogP contribution >= 0.6 is 0 Å². The molecule has 2 heteroatoms. The molecule has 0 spiro atoms. The van der Waals surface area contributed by atoms with E-state index in [9.17, 15) is 0 Å². The van der Waals surface area contributed by atoms with Crippen LogP contribution in [0, 0.1) is 0 Å². The van der Waals surface area contributed by atoms with E-state index in [0.717, 1.165) is 19.7 Å². The molecule has 150 valence electrons. The molecule has 1 unspecified atom stereocenters. The van der Waals surface area contributed by atoms with Crippen LogP contribution in [-0.2, 0) is 4.74 Å². The summed E-state index contributed by atoms with van der Waals surface area (Å²) in [4.78, 5) is 0. The number of hydrogen-bond donors (Lipinski definition) is 1. The van der Waals surface area contributed by atoms with E-state index in [0.29, 0.717) is 0 Å². The van der Waals surface area contributed by atoms with Crippen molar-refractivity contribution < 1.29 is 4.74 Å². The van der Waals surface area contributed by atoms with Gasteiger partial charge in [-0.05, 0) is 13.3 Å². The first-order valence-electron chi connectivity index (χ1n) is 11.6. The van der Waals surface area contributed by atoms with Crippen molar-refractivity contribution >= 4 is 0 Å². The molecule has 0 aromatic carbocycles. The third kappa shape index (κ3) is 13.7. The maximum absolute atomic E-state index is 5.93. The zero-order valence-electron chi connectivity index (χ0n) is 17.6. The molecule has 0 bridgehead atoms. The number of unbranched alkanes of at least 4 members (excludes halogenated alkanes) is 15. The van der Waals surface area contributed by atoms with Gasteiger partial charge in [-0.1, -0.05) is 110 Å². The summed E-state index contributed by atoms with van der Waals surface area (Å²) in [5, 5.41) is 3.45. The van der Waals surface area contributed by atoms with Gasteiger partial charge in [0.15, 0.2) is 0 Å². The molecular weight excluding hydrogens is 306 g/mol. The molecule has 2 nitrogen and oxygen atoms in total. The maximum atomic E-state index is 5.93. The second-order valence-corrected chi connectivity index (χ2v) is 8.53. The second kappa shape index (κ2) is 16.1. The summed E-state index contributed by atoms with van der Waals surface area (Å²) in [5.74, 6) is 0. The van der Waals surface area contributed by atoms with Crippen LogP contribution in [0.15, 0.2) is 0 Å².